The van der Waals surface area contributed by atoms with Crippen molar-refractivity contribution in [2.24, 2.45) is 0 Å². The monoisotopic (exact) mass is 301 g/mol. The summed E-state index contributed by atoms with van der Waals surface area (Å²) in [6, 6.07) is 13.2. The van der Waals surface area contributed by atoms with Crippen molar-refractivity contribution < 1.29 is 8.42 Å². The van der Waals surface area contributed by atoms with E-state index in [0.717, 1.165) is 23.1 Å². The van der Waals surface area contributed by atoms with Crippen LogP contribution in [0.2, 0.25) is 0 Å². The molecular weight excluding hydrogens is 282 g/mol. The summed E-state index contributed by atoms with van der Waals surface area (Å²) in [5, 5.41) is 0. The van der Waals surface area contributed by atoms with Crippen LogP contribution in [0.4, 0.5) is 0 Å². The fourth-order valence-corrected chi connectivity index (χ4v) is 4.20. The van der Waals surface area contributed by atoms with Crippen molar-refractivity contribution in [1.82, 2.24) is 4.31 Å². The summed E-state index contributed by atoms with van der Waals surface area (Å²) >= 11 is 0. The van der Waals surface area contributed by atoms with Gasteiger partial charge in [-0.2, -0.15) is 4.31 Å². The van der Waals surface area contributed by atoms with Crippen LogP contribution in [0.5, 0.6) is 0 Å². The Bertz CT molecular complexity index is 764. The largest absolute Gasteiger partial charge is 0.243 e. The summed E-state index contributed by atoms with van der Waals surface area (Å²) < 4.78 is 27.1. The second-order valence-corrected chi connectivity index (χ2v) is 7.55. The van der Waals surface area contributed by atoms with Crippen molar-refractivity contribution in [2.45, 2.75) is 31.7 Å². The summed E-state index contributed by atoms with van der Waals surface area (Å²) in [6.45, 7) is 5.02. The average molecular weight is 301 g/mol. The van der Waals surface area contributed by atoms with E-state index in [2.05, 4.69) is 6.07 Å². The molecule has 21 heavy (non-hydrogen) atoms. The van der Waals surface area contributed by atoms with Crippen LogP contribution in [0.3, 0.4) is 0 Å². The van der Waals surface area contributed by atoms with Crippen LogP contribution in [0.1, 0.15) is 22.3 Å². The summed E-state index contributed by atoms with van der Waals surface area (Å²) in [5.41, 5.74) is 4.65. The quantitative estimate of drug-likeness (QED) is 0.855. The first-order valence-electron chi connectivity index (χ1n) is 7.12. The highest BCUT2D eigenvalue weighted by Crippen LogP contribution is 2.27. The van der Waals surface area contributed by atoms with E-state index in [4.69, 9.17) is 0 Å². The molecule has 0 saturated carbocycles. The summed E-state index contributed by atoms with van der Waals surface area (Å²) in [4.78, 5) is 0.380. The van der Waals surface area contributed by atoms with E-state index in [1.54, 1.807) is 16.4 Å². The molecule has 2 aromatic rings. The van der Waals surface area contributed by atoms with Gasteiger partial charge in [0.25, 0.3) is 0 Å². The van der Waals surface area contributed by atoms with Crippen molar-refractivity contribution in [1.29, 1.82) is 0 Å². The Hall–Kier alpha value is -1.65. The van der Waals surface area contributed by atoms with Gasteiger partial charge in [-0.15, -0.1) is 0 Å². The van der Waals surface area contributed by atoms with Gasteiger partial charge in [0.05, 0.1) is 4.90 Å². The van der Waals surface area contributed by atoms with E-state index < -0.39 is 10.0 Å². The Balaban J connectivity index is 1.95. The van der Waals surface area contributed by atoms with Crippen LogP contribution in [0.25, 0.3) is 0 Å². The lowest BCUT2D eigenvalue weighted by atomic mass is 9.97. The van der Waals surface area contributed by atoms with Crippen molar-refractivity contribution in [3.8, 4) is 0 Å². The lowest BCUT2D eigenvalue weighted by Crippen LogP contribution is -2.36. The Labute approximate surface area is 126 Å². The van der Waals surface area contributed by atoms with Crippen LogP contribution in [0.15, 0.2) is 47.4 Å². The fourth-order valence-electron chi connectivity index (χ4n) is 2.79. The minimum atomic E-state index is -3.40. The standard InChI is InChI=1S/C17H19NO2S/c1-13-6-8-16(9-7-13)21(19,20)18-11-10-15-5-3-4-14(2)17(15)12-18/h3-9H,10-12H2,1-2H3. The van der Waals surface area contributed by atoms with Gasteiger partial charge in [-0.1, -0.05) is 35.9 Å². The molecule has 4 heteroatoms. The second kappa shape index (κ2) is 5.28. The van der Waals surface area contributed by atoms with Crippen molar-refractivity contribution in [3.63, 3.8) is 0 Å². The maximum atomic E-state index is 12.7. The Morgan fingerprint density at radius 3 is 2.43 bits per heavy atom. The molecule has 0 aromatic heterocycles. The van der Waals surface area contributed by atoms with Crippen molar-refractivity contribution in [3.05, 3.63) is 64.7 Å². The third-order valence-corrected chi connectivity index (χ3v) is 5.99. The Kier molecular flexibility index (Phi) is 3.59. The number of aryl methyl sites for hydroxylation is 2. The average Bonchev–Trinajstić information content (AvgIpc) is 2.48. The zero-order valence-corrected chi connectivity index (χ0v) is 13.2. The van der Waals surface area contributed by atoms with Crippen molar-refractivity contribution in [2.75, 3.05) is 6.54 Å². The number of rotatable bonds is 2. The smallest absolute Gasteiger partial charge is 0.207 e. The number of fused-ring (bicyclic) bond motifs is 1. The molecule has 0 bridgehead atoms. The molecule has 0 spiro atoms. The summed E-state index contributed by atoms with van der Waals surface area (Å²) in [5.74, 6) is 0. The Morgan fingerprint density at radius 1 is 1.00 bits per heavy atom. The number of hydrogen-bond acceptors (Lipinski definition) is 2. The highest BCUT2D eigenvalue weighted by Gasteiger charge is 2.28. The predicted molar refractivity (Wildman–Crippen MR) is 83.7 cm³/mol. The predicted octanol–water partition coefficient (Wildman–Crippen LogP) is 3.05. The molecule has 0 N–H and O–H groups in total. The van der Waals surface area contributed by atoms with Gasteiger partial charge in [-0.25, -0.2) is 8.42 Å². The maximum Gasteiger partial charge on any atom is 0.243 e. The van der Waals surface area contributed by atoms with E-state index in [0.29, 0.717) is 18.0 Å². The van der Waals surface area contributed by atoms with Crippen molar-refractivity contribution >= 4 is 10.0 Å². The highest BCUT2D eigenvalue weighted by molar-refractivity contribution is 7.89. The molecule has 0 unspecified atom stereocenters. The molecule has 3 nitrogen and oxygen atoms in total. The van der Waals surface area contributed by atoms with Gasteiger partial charge in [0.2, 0.25) is 10.0 Å². The van der Waals surface area contributed by atoms with E-state index >= 15 is 0 Å². The fraction of sp³-hybridized carbons (Fsp3) is 0.294. The molecule has 3 rings (SSSR count). The van der Waals surface area contributed by atoms with Crippen LogP contribution in [-0.2, 0) is 23.0 Å². The third-order valence-electron chi connectivity index (χ3n) is 4.13. The summed E-state index contributed by atoms with van der Waals surface area (Å²) in [6.07, 6.45) is 0.780. The molecule has 0 saturated heterocycles. The van der Waals surface area contributed by atoms with Crippen LogP contribution in [-0.4, -0.2) is 19.3 Å². The van der Waals surface area contributed by atoms with Gasteiger partial charge in [0, 0.05) is 13.1 Å². The zero-order chi connectivity index (χ0) is 15.0. The minimum absolute atomic E-state index is 0.380. The normalized spacial score (nSPS) is 15.7. The van der Waals surface area contributed by atoms with Crippen LogP contribution in [0, 0.1) is 13.8 Å². The maximum absolute atomic E-state index is 12.7. The van der Waals surface area contributed by atoms with Gasteiger partial charge in [0.15, 0.2) is 0 Å². The van der Waals surface area contributed by atoms with Gasteiger partial charge < -0.3 is 0 Å². The van der Waals surface area contributed by atoms with E-state index in [1.807, 2.05) is 38.1 Å². The lowest BCUT2D eigenvalue weighted by molar-refractivity contribution is 0.390. The first kappa shape index (κ1) is 14.3. The molecule has 1 aliphatic heterocycles. The molecule has 1 aliphatic rings. The minimum Gasteiger partial charge on any atom is -0.207 e. The van der Waals surface area contributed by atoms with E-state index in [-0.39, 0.29) is 0 Å². The molecule has 0 amide bonds. The lowest BCUT2D eigenvalue weighted by Gasteiger charge is -2.29. The van der Waals surface area contributed by atoms with Gasteiger partial charge in [-0.3, -0.25) is 0 Å². The number of benzene rings is 2. The third kappa shape index (κ3) is 2.61. The topological polar surface area (TPSA) is 37.4 Å². The molecular formula is C17H19NO2S. The highest BCUT2D eigenvalue weighted by atomic mass is 32.2. The number of hydrogen-bond donors (Lipinski definition) is 0. The van der Waals surface area contributed by atoms with E-state index in [1.165, 1.54) is 5.56 Å². The second-order valence-electron chi connectivity index (χ2n) is 5.61. The van der Waals surface area contributed by atoms with Gasteiger partial charge >= 0.3 is 0 Å². The number of sulfonamides is 1. The van der Waals surface area contributed by atoms with Crippen LogP contribution >= 0.6 is 0 Å². The SMILES string of the molecule is Cc1ccc(S(=O)(=O)N2CCc3cccc(C)c3C2)cc1. The molecule has 0 fully saturated rings. The first-order chi connectivity index (χ1) is 9.98. The molecule has 0 atom stereocenters. The molecule has 1 heterocycles. The summed E-state index contributed by atoms with van der Waals surface area (Å²) in [7, 11) is -3.40. The number of nitrogens with zero attached hydrogens (tertiary/aromatic N) is 1. The Morgan fingerprint density at radius 2 is 1.71 bits per heavy atom. The zero-order valence-electron chi connectivity index (χ0n) is 12.3. The van der Waals surface area contributed by atoms with E-state index in [9.17, 15) is 8.42 Å². The molecule has 110 valence electrons. The van der Waals surface area contributed by atoms with Crippen LogP contribution < -0.4 is 0 Å². The molecule has 0 radical (unpaired) electrons. The first-order valence-corrected chi connectivity index (χ1v) is 8.57. The molecule has 2 aromatic carbocycles. The molecule has 0 aliphatic carbocycles. The van der Waals surface area contributed by atoms with Gasteiger partial charge in [-0.05, 0) is 49.1 Å². The van der Waals surface area contributed by atoms with Gasteiger partial charge in [0.1, 0.15) is 0 Å².